The minimum atomic E-state index is -0.169. The minimum Gasteiger partial charge on any atom is -0.494 e. The average Bonchev–Trinajstić information content (AvgIpc) is 2.04. The molecule has 1 aromatic rings. The zero-order valence-electron chi connectivity index (χ0n) is 6.92. The molecule has 0 aliphatic carbocycles. The van der Waals surface area contributed by atoms with Crippen molar-refractivity contribution in [3.05, 3.63) is 18.5 Å². The van der Waals surface area contributed by atoms with Crippen LogP contribution in [0.1, 0.15) is 6.92 Å². The number of amides is 1. The van der Waals surface area contributed by atoms with Crippen LogP contribution in [0, 0.1) is 6.20 Å². The summed E-state index contributed by atoms with van der Waals surface area (Å²) in [6.07, 6.45) is 4.16. The monoisotopic (exact) mass is 165 g/mol. The average molecular weight is 165 g/mol. The van der Waals surface area contributed by atoms with E-state index >= 15 is 0 Å². The van der Waals surface area contributed by atoms with Gasteiger partial charge in [0.05, 0.1) is 7.11 Å². The number of anilines is 1. The Bertz CT molecular complexity index is 286. The van der Waals surface area contributed by atoms with Gasteiger partial charge in [0.15, 0.2) is 0 Å². The van der Waals surface area contributed by atoms with Crippen LogP contribution in [0.2, 0.25) is 0 Å². The summed E-state index contributed by atoms with van der Waals surface area (Å²) in [6.45, 7) is 1.42. The SMILES string of the molecule is COc1ccn[c]c1NC(C)=O. The van der Waals surface area contributed by atoms with Crippen LogP contribution in [0.4, 0.5) is 5.69 Å². The van der Waals surface area contributed by atoms with Crippen molar-refractivity contribution in [3.63, 3.8) is 0 Å². The van der Waals surface area contributed by atoms with Crippen LogP contribution >= 0.6 is 0 Å². The van der Waals surface area contributed by atoms with Gasteiger partial charge >= 0.3 is 0 Å². The van der Waals surface area contributed by atoms with E-state index in [9.17, 15) is 4.79 Å². The fraction of sp³-hybridized carbons (Fsp3) is 0.250. The highest BCUT2D eigenvalue weighted by Gasteiger charge is 2.02. The summed E-state index contributed by atoms with van der Waals surface area (Å²) in [5.74, 6) is 0.387. The van der Waals surface area contributed by atoms with Crippen LogP contribution in [-0.2, 0) is 4.79 Å². The molecule has 0 aromatic carbocycles. The lowest BCUT2D eigenvalue weighted by Crippen LogP contribution is -2.07. The summed E-state index contributed by atoms with van der Waals surface area (Å²) >= 11 is 0. The molecule has 4 nitrogen and oxygen atoms in total. The molecule has 1 amide bonds. The number of hydrogen-bond donors (Lipinski definition) is 1. The summed E-state index contributed by atoms with van der Waals surface area (Å²) in [6, 6.07) is 1.65. The van der Waals surface area contributed by atoms with Crippen LogP contribution < -0.4 is 10.1 Å². The second-order valence-electron chi connectivity index (χ2n) is 2.18. The van der Waals surface area contributed by atoms with E-state index in [0.717, 1.165) is 0 Å². The first-order valence-corrected chi connectivity index (χ1v) is 3.42. The lowest BCUT2D eigenvalue weighted by molar-refractivity contribution is -0.114. The van der Waals surface area contributed by atoms with Gasteiger partial charge in [-0.05, 0) is 0 Å². The number of carbonyl (C=O) groups is 1. The third-order valence-electron chi connectivity index (χ3n) is 1.24. The molecule has 0 spiro atoms. The zero-order valence-corrected chi connectivity index (χ0v) is 6.92. The minimum absolute atomic E-state index is 0.169. The molecule has 1 N–H and O–H groups in total. The Hall–Kier alpha value is -1.58. The Labute approximate surface area is 70.6 Å². The number of pyridine rings is 1. The van der Waals surface area contributed by atoms with Gasteiger partial charge in [-0.3, -0.25) is 9.78 Å². The maximum atomic E-state index is 10.7. The third kappa shape index (κ3) is 1.95. The van der Waals surface area contributed by atoms with Gasteiger partial charge in [0.25, 0.3) is 0 Å². The molecule has 1 radical (unpaired) electrons. The number of nitrogens with one attached hydrogen (secondary N) is 1. The normalized spacial score (nSPS) is 9.17. The van der Waals surface area contributed by atoms with E-state index in [2.05, 4.69) is 16.5 Å². The van der Waals surface area contributed by atoms with E-state index in [4.69, 9.17) is 4.74 Å². The first-order chi connectivity index (χ1) is 5.74. The van der Waals surface area contributed by atoms with Crippen molar-refractivity contribution < 1.29 is 9.53 Å². The summed E-state index contributed by atoms with van der Waals surface area (Å²) < 4.78 is 4.96. The van der Waals surface area contributed by atoms with Crippen LogP contribution in [0.15, 0.2) is 12.3 Å². The highest BCUT2D eigenvalue weighted by atomic mass is 16.5. The van der Waals surface area contributed by atoms with Crippen molar-refractivity contribution in [3.8, 4) is 5.75 Å². The molecule has 0 unspecified atom stereocenters. The standard InChI is InChI=1S/C8H9N2O2/c1-6(11)10-7-5-9-4-3-8(7)12-2/h3-4H,1-2H3,(H,10,11). The molecule has 12 heavy (non-hydrogen) atoms. The lowest BCUT2D eigenvalue weighted by atomic mass is 10.4. The van der Waals surface area contributed by atoms with E-state index in [0.29, 0.717) is 11.4 Å². The summed E-state index contributed by atoms with van der Waals surface area (Å²) in [7, 11) is 1.52. The second kappa shape index (κ2) is 3.71. The van der Waals surface area contributed by atoms with Crippen molar-refractivity contribution in [1.82, 2.24) is 4.98 Å². The van der Waals surface area contributed by atoms with E-state index in [-0.39, 0.29) is 5.91 Å². The van der Waals surface area contributed by atoms with Crippen molar-refractivity contribution in [2.24, 2.45) is 0 Å². The van der Waals surface area contributed by atoms with Gasteiger partial charge in [-0.1, -0.05) is 0 Å². The smallest absolute Gasteiger partial charge is 0.221 e. The van der Waals surface area contributed by atoms with E-state index in [1.165, 1.54) is 14.0 Å². The Morgan fingerprint density at radius 3 is 3.08 bits per heavy atom. The predicted octanol–water partition coefficient (Wildman–Crippen LogP) is 0.849. The number of carbonyl (C=O) groups excluding carboxylic acids is 1. The molecule has 63 valence electrons. The Morgan fingerprint density at radius 1 is 1.75 bits per heavy atom. The molecule has 1 rings (SSSR count). The number of hydrogen-bond acceptors (Lipinski definition) is 3. The largest absolute Gasteiger partial charge is 0.494 e. The highest BCUT2D eigenvalue weighted by Crippen LogP contribution is 2.20. The van der Waals surface area contributed by atoms with E-state index in [1.807, 2.05) is 0 Å². The molecule has 4 heteroatoms. The van der Waals surface area contributed by atoms with Gasteiger partial charge in [-0.25, -0.2) is 0 Å². The Balaban J connectivity index is 2.89. The summed E-state index contributed by atoms with van der Waals surface area (Å²) in [5.41, 5.74) is 0.465. The van der Waals surface area contributed by atoms with Crippen LogP contribution in [0.25, 0.3) is 0 Å². The van der Waals surface area contributed by atoms with Crippen molar-refractivity contribution >= 4 is 11.6 Å². The van der Waals surface area contributed by atoms with E-state index < -0.39 is 0 Å². The fourth-order valence-electron chi connectivity index (χ4n) is 0.781. The topological polar surface area (TPSA) is 51.2 Å². The van der Waals surface area contributed by atoms with E-state index in [1.54, 1.807) is 12.3 Å². The Morgan fingerprint density at radius 2 is 2.50 bits per heavy atom. The fourth-order valence-corrected chi connectivity index (χ4v) is 0.781. The Kier molecular flexibility index (Phi) is 2.63. The molecule has 1 aromatic heterocycles. The van der Waals surface area contributed by atoms with Gasteiger partial charge in [0, 0.05) is 19.2 Å². The first kappa shape index (κ1) is 8.52. The molecule has 0 saturated carbocycles. The number of nitrogens with zero attached hydrogens (tertiary/aromatic N) is 1. The highest BCUT2D eigenvalue weighted by molar-refractivity contribution is 5.89. The number of aromatic nitrogens is 1. The molecule has 0 aliphatic rings. The third-order valence-corrected chi connectivity index (χ3v) is 1.24. The van der Waals surface area contributed by atoms with Gasteiger partial charge in [0.1, 0.15) is 17.6 Å². The summed E-state index contributed by atoms with van der Waals surface area (Å²) in [4.78, 5) is 14.4. The molecule has 0 fully saturated rings. The molecular formula is C8H9N2O2. The maximum Gasteiger partial charge on any atom is 0.221 e. The quantitative estimate of drug-likeness (QED) is 0.706. The number of rotatable bonds is 2. The van der Waals surface area contributed by atoms with Gasteiger partial charge in [-0.15, -0.1) is 0 Å². The zero-order chi connectivity index (χ0) is 8.97. The van der Waals surface area contributed by atoms with Gasteiger partial charge in [-0.2, -0.15) is 0 Å². The van der Waals surface area contributed by atoms with Gasteiger partial charge in [0.2, 0.25) is 5.91 Å². The molecule has 0 bridgehead atoms. The molecule has 1 heterocycles. The van der Waals surface area contributed by atoms with Crippen molar-refractivity contribution in [1.29, 1.82) is 0 Å². The van der Waals surface area contributed by atoms with Crippen LogP contribution in [0.3, 0.4) is 0 Å². The molecular weight excluding hydrogens is 156 g/mol. The molecule has 0 aliphatic heterocycles. The number of ether oxygens (including phenoxy) is 1. The van der Waals surface area contributed by atoms with Crippen molar-refractivity contribution in [2.45, 2.75) is 6.92 Å². The number of methoxy groups -OCH3 is 1. The first-order valence-electron chi connectivity index (χ1n) is 3.42. The molecule has 0 saturated heterocycles. The predicted molar refractivity (Wildman–Crippen MR) is 43.9 cm³/mol. The second-order valence-corrected chi connectivity index (χ2v) is 2.18. The van der Waals surface area contributed by atoms with Gasteiger partial charge < -0.3 is 10.1 Å². The summed E-state index contributed by atoms with van der Waals surface area (Å²) in [5, 5.41) is 2.54. The van der Waals surface area contributed by atoms with Crippen LogP contribution in [-0.4, -0.2) is 18.0 Å². The van der Waals surface area contributed by atoms with Crippen molar-refractivity contribution in [2.75, 3.05) is 12.4 Å². The van der Waals surface area contributed by atoms with Crippen LogP contribution in [0.5, 0.6) is 5.75 Å². The lowest BCUT2D eigenvalue weighted by Gasteiger charge is -2.05. The maximum absolute atomic E-state index is 10.7. The molecule has 0 atom stereocenters.